The van der Waals surface area contributed by atoms with Crippen molar-refractivity contribution in [2.24, 2.45) is 7.05 Å². The minimum atomic E-state index is -0.790. The number of amides is 1. The molecule has 1 aromatic rings. The quantitative estimate of drug-likeness (QED) is 0.638. The van der Waals surface area contributed by atoms with Crippen molar-refractivity contribution in [3.8, 4) is 0 Å². The molecule has 1 N–H and O–H groups in total. The van der Waals surface area contributed by atoms with Gasteiger partial charge in [0, 0.05) is 25.6 Å². The summed E-state index contributed by atoms with van der Waals surface area (Å²) in [5.74, 6) is 0.154. The van der Waals surface area contributed by atoms with Crippen LogP contribution in [0.3, 0.4) is 0 Å². The molecule has 0 aromatic carbocycles. The van der Waals surface area contributed by atoms with E-state index in [1.54, 1.807) is 39.6 Å². The number of Topliss-reactive ketones (excluding diaryl/α,β-unsaturated/α-hetero) is 1. The molecule has 10 heteroatoms. The zero-order valence-electron chi connectivity index (χ0n) is 15.7. The number of ketones is 1. The fourth-order valence-corrected chi connectivity index (χ4v) is 3.01. The number of nitrogens with one attached hydrogen (secondary N) is 1. The van der Waals surface area contributed by atoms with Crippen LogP contribution < -0.4 is 10.2 Å². The van der Waals surface area contributed by atoms with Gasteiger partial charge in [-0.2, -0.15) is 5.10 Å². The largest absolute Gasteiger partial charge is 0.444 e. The molecule has 2 rings (SSSR count). The predicted octanol–water partition coefficient (Wildman–Crippen LogP) is 1.78. The Bertz CT molecular complexity index is 723. The number of rotatable bonds is 3. The highest BCUT2D eigenvalue weighted by atomic mass is 16.6. The van der Waals surface area contributed by atoms with Crippen LogP contribution in [0.2, 0.25) is 0 Å². The lowest BCUT2D eigenvalue weighted by molar-refractivity contribution is -0.384. The number of carbonyl (C=O) groups is 2. The normalized spacial score (nSPS) is 21.3. The number of carbonyl (C=O) groups excluding carboxylic acids is 2. The van der Waals surface area contributed by atoms with Crippen molar-refractivity contribution in [3.63, 3.8) is 0 Å². The standard InChI is InChI=1S/C16H25N5O5/c1-15(2,3)26-14(23)18-16(4)6-7-20(10-11(22)8-16)13-12(21(24)25)9-17-19(13)5/h9H,6-8,10H2,1-5H3,(H,18,23). The van der Waals surface area contributed by atoms with Gasteiger partial charge in [0.1, 0.15) is 11.8 Å². The SMILES string of the molecule is Cn1ncc([N+](=O)[O-])c1N1CCC(C)(NC(=O)OC(C)(C)C)CC(=O)C1. The van der Waals surface area contributed by atoms with Gasteiger partial charge in [0.15, 0.2) is 5.78 Å². The van der Waals surface area contributed by atoms with E-state index in [2.05, 4.69) is 10.4 Å². The monoisotopic (exact) mass is 367 g/mol. The average molecular weight is 367 g/mol. The summed E-state index contributed by atoms with van der Waals surface area (Å²) in [4.78, 5) is 36.9. The summed E-state index contributed by atoms with van der Waals surface area (Å²) in [5.41, 5.74) is -1.58. The molecule has 1 saturated heterocycles. The van der Waals surface area contributed by atoms with E-state index >= 15 is 0 Å². The molecule has 1 atom stereocenters. The van der Waals surface area contributed by atoms with Crippen LogP contribution in [0.15, 0.2) is 6.20 Å². The Balaban J connectivity index is 2.18. The van der Waals surface area contributed by atoms with Gasteiger partial charge < -0.3 is 15.0 Å². The lowest BCUT2D eigenvalue weighted by atomic mass is 9.93. The number of aryl methyl sites for hydroxylation is 1. The van der Waals surface area contributed by atoms with Gasteiger partial charge >= 0.3 is 11.8 Å². The first-order valence-electron chi connectivity index (χ1n) is 8.34. The van der Waals surface area contributed by atoms with Crippen molar-refractivity contribution in [2.75, 3.05) is 18.0 Å². The maximum Gasteiger partial charge on any atom is 0.408 e. The number of ether oxygens (including phenoxy) is 1. The Morgan fingerprint density at radius 1 is 1.46 bits per heavy atom. The molecule has 10 nitrogen and oxygen atoms in total. The predicted molar refractivity (Wildman–Crippen MR) is 94.1 cm³/mol. The molecule has 0 bridgehead atoms. The van der Waals surface area contributed by atoms with Crippen molar-refractivity contribution in [3.05, 3.63) is 16.3 Å². The second-order valence-electron chi connectivity index (χ2n) is 7.81. The van der Waals surface area contributed by atoms with Crippen molar-refractivity contribution in [1.29, 1.82) is 0 Å². The summed E-state index contributed by atoms with van der Waals surface area (Å²) in [6.45, 7) is 7.43. The number of hydrogen-bond donors (Lipinski definition) is 1. The van der Waals surface area contributed by atoms with Crippen LogP contribution in [0.4, 0.5) is 16.3 Å². The van der Waals surface area contributed by atoms with E-state index in [0.29, 0.717) is 13.0 Å². The van der Waals surface area contributed by atoms with E-state index < -0.39 is 22.2 Å². The minimum Gasteiger partial charge on any atom is -0.444 e. The molecule has 0 aliphatic carbocycles. The smallest absolute Gasteiger partial charge is 0.408 e. The minimum absolute atomic E-state index is 0.0198. The van der Waals surface area contributed by atoms with Crippen molar-refractivity contribution in [1.82, 2.24) is 15.1 Å². The van der Waals surface area contributed by atoms with Gasteiger partial charge in [-0.1, -0.05) is 0 Å². The fraction of sp³-hybridized carbons (Fsp3) is 0.688. The molecule has 2 heterocycles. The lowest BCUT2D eigenvalue weighted by Gasteiger charge is -2.30. The summed E-state index contributed by atoms with van der Waals surface area (Å²) in [7, 11) is 1.59. The molecular formula is C16H25N5O5. The molecule has 0 saturated carbocycles. The van der Waals surface area contributed by atoms with Crippen molar-refractivity contribution in [2.45, 2.75) is 51.7 Å². The van der Waals surface area contributed by atoms with Crippen molar-refractivity contribution < 1.29 is 19.2 Å². The highest BCUT2D eigenvalue weighted by Crippen LogP contribution is 2.30. The van der Waals surface area contributed by atoms with Crippen LogP contribution in [-0.4, -0.2) is 50.8 Å². The van der Waals surface area contributed by atoms with Gasteiger partial charge in [0.05, 0.1) is 11.5 Å². The van der Waals surface area contributed by atoms with Crippen molar-refractivity contribution >= 4 is 23.4 Å². The Morgan fingerprint density at radius 3 is 2.69 bits per heavy atom. The van der Waals surface area contributed by atoms with E-state index in [0.717, 1.165) is 0 Å². The van der Waals surface area contributed by atoms with Crippen LogP contribution in [0.25, 0.3) is 0 Å². The molecule has 1 aromatic heterocycles. The summed E-state index contributed by atoms with van der Waals surface area (Å²) in [6.07, 6.45) is 1.13. The summed E-state index contributed by atoms with van der Waals surface area (Å²) < 4.78 is 6.66. The highest BCUT2D eigenvalue weighted by Gasteiger charge is 2.37. The molecule has 144 valence electrons. The third-order valence-electron chi connectivity index (χ3n) is 4.08. The molecule has 0 spiro atoms. The Labute approximate surface area is 151 Å². The van der Waals surface area contributed by atoms with E-state index in [-0.39, 0.29) is 30.3 Å². The highest BCUT2D eigenvalue weighted by molar-refractivity contribution is 5.86. The van der Waals surface area contributed by atoms with Gasteiger partial charge in [0.2, 0.25) is 5.82 Å². The second kappa shape index (κ2) is 6.93. The average Bonchev–Trinajstić information content (AvgIpc) is 2.75. The Kier molecular flexibility index (Phi) is 5.24. The number of nitro groups is 1. The fourth-order valence-electron chi connectivity index (χ4n) is 3.01. The van der Waals surface area contributed by atoms with Gasteiger partial charge in [-0.3, -0.25) is 14.9 Å². The first-order chi connectivity index (χ1) is 11.9. The molecule has 1 unspecified atom stereocenters. The molecule has 1 aliphatic heterocycles. The summed E-state index contributed by atoms with van der Waals surface area (Å²) in [5, 5.41) is 17.9. The molecule has 0 radical (unpaired) electrons. The van der Waals surface area contributed by atoms with Crippen LogP contribution in [-0.2, 0) is 16.6 Å². The molecule has 1 amide bonds. The maximum absolute atomic E-state index is 12.4. The lowest BCUT2D eigenvalue weighted by Crippen LogP contribution is -2.49. The van der Waals surface area contributed by atoms with Gasteiger partial charge in [0.25, 0.3) is 0 Å². The number of alkyl carbamates (subject to hydrolysis) is 1. The zero-order chi connectivity index (χ0) is 19.7. The first-order valence-corrected chi connectivity index (χ1v) is 8.34. The first kappa shape index (κ1) is 19.7. The zero-order valence-corrected chi connectivity index (χ0v) is 15.7. The third-order valence-corrected chi connectivity index (χ3v) is 4.08. The maximum atomic E-state index is 12.4. The molecule has 26 heavy (non-hydrogen) atoms. The van der Waals surface area contributed by atoms with Gasteiger partial charge in [-0.25, -0.2) is 9.48 Å². The van der Waals surface area contributed by atoms with Gasteiger partial charge in [-0.05, 0) is 34.1 Å². The Hall–Kier alpha value is -2.65. The van der Waals surface area contributed by atoms with E-state index in [4.69, 9.17) is 4.74 Å². The second-order valence-corrected chi connectivity index (χ2v) is 7.81. The Morgan fingerprint density at radius 2 is 2.12 bits per heavy atom. The van der Waals surface area contributed by atoms with Crippen LogP contribution in [0, 0.1) is 10.1 Å². The summed E-state index contributed by atoms with van der Waals surface area (Å²) in [6, 6.07) is 0. The summed E-state index contributed by atoms with van der Waals surface area (Å²) >= 11 is 0. The van der Waals surface area contributed by atoms with E-state index in [1.807, 2.05) is 0 Å². The number of aromatic nitrogens is 2. The van der Waals surface area contributed by atoms with Crippen LogP contribution in [0.1, 0.15) is 40.5 Å². The van der Waals surface area contributed by atoms with E-state index in [1.165, 1.54) is 10.9 Å². The van der Waals surface area contributed by atoms with Crippen LogP contribution in [0.5, 0.6) is 0 Å². The number of anilines is 1. The number of nitrogens with zero attached hydrogens (tertiary/aromatic N) is 4. The third kappa shape index (κ3) is 4.70. The number of hydrogen-bond acceptors (Lipinski definition) is 7. The molecule has 1 aliphatic rings. The van der Waals surface area contributed by atoms with Gasteiger partial charge in [-0.15, -0.1) is 0 Å². The molecule has 1 fully saturated rings. The van der Waals surface area contributed by atoms with Crippen LogP contribution >= 0.6 is 0 Å². The topological polar surface area (TPSA) is 120 Å². The molecular weight excluding hydrogens is 342 g/mol. The van der Waals surface area contributed by atoms with E-state index in [9.17, 15) is 19.7 Å².